The van der Waals surface area contributed by atoms with Crippen LogP contribution in [0.3, 0.4) is 0 Å². The Labute approximate surface area is 138 Å². The molecule has 0 N–H and O–H groups in total. The first-order valence-corrected chi connectivity index (χ1v) is 8.86. The minimum absolute atomic E-state index is 0.0438. The topological polar surface area (TPSA) is 38.8 Å². The fourth-order valence-electron chi connectivity index (χ4n) is 2.55. The average Bonchev–Trinajstić information content (AvgIpc) is 3.23. The van der Waals surface area contributed by atoms with Gasteiger partial charge in [-0.15, -0.1) is 23.1 Å². The summed E-state index contributed by atoms with van der Waals surface area (Å²) in [5.41, 5.74) is 0.497. The van der Waals surface area contributed by atoms with E-state index < -0.39 is 0 Å². The Hall–Kier alpha value is -1.66. The van der Waals surface area contributed by atoms with Crippen molar-refractivity contribution >= 4 is 29.0 Å². The first kappa shape index (κ1) is 15.2. The van der Waals surface area contributed by atoms with Crippen molar-refractivity contribution < 1.29 is 14.3 Å². The molecule has 4 nitrogen and oxygen atoms in total. The number of hydrogen-bond donors (Lipinski definition) is 0. The molecule has 1 aromatic carbocycles. The van der Waals surface area contributed by atoms with Gasteiger partial charge in [-0.05, 0) is 23.6 Å². The number of methoxy groups -OCH3 is 2. The zero-order valence-electron chi connectivity index (χ0n) is 12.4. The van der Waals surface area contributed by atoms with E-state index in [1.54, 1.807) is 49.5 Å². The van der Waals surface area contributed by atoms with Crippen molar-refractivity contribution in [3.05, 3.63) is 46.2 Å². The Morgan fingerprint density at radius 1 is 1.18 bits per heavy atom. The van der Waals surface area contributed by atoms with Crippen LogP contribution in [0.1, 0.15) is 20.6 Å². The molecule has 1 unspecified atom stereocenters. The molecule has 0 bridgehead atoms. The van der Waals surface area contributed by atoms with Gasteiger partial charge in [-0.3, -0.25) is 4.79 Å². The maximum atomic E-state index is 13.1. The lowest BCUT2D eigenvalue weighted by Gasteiger charge is -2.24. The molecule has 1 atom stereocenters. The van der Waals surface area contributed by atoms with E-state index in [1.807, 2.05) is 22.4 Å². The minimum Gasteiger partial charge on any atom is -0.496 e. The number of amides is 1. The standard InChI is InChI=1S/C16H17NO3S2/c1-19-11-5-3-6-12(20-2)14(11)15(18)17-8-10-22-16(17)13-7-4-9-21-13/h3-7,9,16H,8,10H2,1-2H3. The van der Waals surface area contributed by atoms with Crippen molar-refractivity contribution in [2.45, 2.75) is 5.37 Å². The molecule has 116 valence electrons. The third-order valence-corrected chi connectivity index (χ3v) is 5.90. The summed E-state index contributed by atoms with van der Waals surface area (Å²) in [5.74, 6) is 1.99. The summed E-state index contributed by atoms with van der Waals surface area (Å²) >= 11 is 3.47. The van der Waals surface area contributed by atoms with Crippen molar-refractivity contribution in [1.82, 2.24) is 4.90 Å². The Morgan fingerprint density at radius 3 is 2.50 bits per heavy atom. The van der Waals surface area contributed by atoms with Gasteiger partial charge in [-0.2, -0.15) is 0 Å². The van der Waals surface area contributed by atoms with Gasteiger partial charge >= 0.3 is 0 Å². The van der Waals surface area contributed by atoms with Crippen LogP contribution in [0.4, 0.5) is 0 Å². The van der Waals surface area contributed by atoms with E-state index in [2.05, 4.69) is 6.07 Å². The quantitative estimate of drug-likeness (QED) is 0.855. The molecule has 1 fully saturated rings. The van der Waals surface area contributed by atoms with Crippen LogP contribution in [0.5, 0.6) is 11.5 Å². The second-order valence-corrected chi connectivity index (χ2v) is 6.94. The second-order valence-electron chi connectivity index (χ2n) is 4.77. The SMILES string of the molecule is COc1cccc(OC)c1C(=O)N1CCSC1c1cccs1. The van der Waals surface area contributed by atoms with E-state index in [9.17, 15) is 4.79 Å². The maximum absolute atomic E-state index is 13.1. The molecule has 2 aromatic rings. The van der Waals surface area contributed by atoms with Crippen LogP contribution in [0.2, 0.25) is 0 Å². The highest BCUT2D eigenvalue weighted by atomic mass is 32.2. The molecule has 2 heterocycles. The monoisotopic (exact) mass is 335 g/mol. The maximum Gasteiger partial charge on any atom is 0.262 e. The highest BCUT2D eigenvalue weighted by Crippen LogP contribution is 2.42. The first-order chi connectivity index (χ1) is 10.8. The lowest BCUT2D eigenvalue weighted by molar-refractivity contribution is 0.0755. The van der Waals surface area contributed by atoms with Gasteiger partial charge in [-0.25, -0.2) is 0 Å². The van der Waals surface area contributed by atoms with Gasteiger partial charge in [0.25, 0.3) is 5.91 Å². The summed E-state index contributed by atoms with van der Waals surface area (Å²) in [6, 6.07) is 9.50. The van der Waals surface area contributed by atoms with Gasteiger partial charge in [-0.1, -0.05) is 12.1 Å². The van der Waals surface area contributed by atoms with E-state index in [4.69, 9.17) is 9.47 Å². The fraction of sp³-hybridized carbons (Fsp3) is 0.312. The third-order valence-electron chi connectivity index (χ3n) is 3.58. The summed E-state index contributed by atoms with van der Waals surface area (Å²) in [5, 5.41) is 2.11. The Bertz CT molecular complexity index is 635. The first-order valence-electron chi connectivity index (χ1n) is 6.93. The highest BCUT2D eigenvalue weighted by molar-refractivity contribution is 7.99. The van der Waals surface area contributed by atoms with Gasteiger partial charge in [0.05, 0.1) is 14.2 Å². The zero-order chi connectivity index (χ0) is 15.5. The van der Waals surface area contributed by atoms with Crippen LogP contribution in [0, 0.1) is 0 Å². The molecule has 0 radical (unpaired) electrons. The fourth-order valence-corrected chi connectivity index (χ4v) is 4.79. The number of carbonyl (C=O) groups excluding carboxylic acids is 1. The van der Waals surface area contributed by atoms with Crippen LogP contribution in [-0.4, -0.2) is 37.3 Å². The van der Waals surface area contributed by atoms with Gasteiger partial charge < -0.3 is 14.4 Å². The van der Waals surface area contributed by atoms with Crippen LogP contribution < -0.4 is 9.47 Å². The summed E-state index contributed by atoms with van der Waals surface area (Å²) in [6.07, 6.45) is 0. The average molecular weight is 335 g/mol. The molecule has 0 aliphatic carbocycles. The van der Waals surface area contributed by atoms with Crippen LogP contribution >= 0.6 is 23.1 Å². The van der Waals surface area contributed by atoms with Crippen molar-refractivity contribution in [3.8, 4) is 11.5 Å². The Kier molecular flexibility index (Phi) is 4.59. The summed E-state index contributed by atoms with van der Waals surface area (Å²) < 4.78 is 10.7. The van der Waals surface area contributed by atoms with Crippen LogP contribution in [0.15, 0.2) is 35.7 Å². The third kappa shape index (κ3) is 2.68. The number of carbonyl (C=O) groups is 1. The number of hydrogen-bond acceptors (Lipinski definition) is 5. The molecule has 0 saturated carbocycles. The largest absolute Gasteiger partial charge is 0.496 e. The van der Waals surface area contributed by atoms with Gasteiger partial charge in [0.2, 0.25) is 0 Å². The molecule has 3 rings (SSSR count). The number of ether oxygens (including phenoxy) is 2. The molecular weight excluding hydrogens is 318 g/mol. The summed E-state index contributed by atoms with van der Waals surface area (Å²) in [4.78, 5) is 16.2. The normalized spacial score (nSPS) is 17.5. The van der Waals surface area contributed by atoms with E-state index >= 15 is 0 Å². The van der Waals surface area contributed by atoms with E-state index in [-0.39, 0.29) is 11.3 Å². The van der Waals surface area contributed by atoms with Gasteiger partial charge in [0, 0.05) is 17.2 Å². The van der Waals surface area contributed by atoms with Crippen LogP contribution in [0.25, 0.3) is 0 Å². The smallest absolute Gasteiger partial charge is 0.262 e. The van der Waals surface area contributed by atoms with Crippen molar-refractivity contribution in [3.63, 3.8) is 0 Å². The highest BCUT2D eigenvalue weighted by Gasteiger charge is 2.34. The number of thiophene rings is 1. The molecule has 1 aliphatic heterocycles. The molecule has 1 saturated heterocycles. The Morgan fingerprint density at radius 2 is 1.91 bits per heavy atom. The zero-order valence-corrected chi connectivity index (χ0v) is 14.1. The van der Waals surface area contributed by atoms with Gasteiger partial charge in [0.1, 0.15) is 22.4 Å². The van der Waals surface area contributed by atoms with Crippen molar-refractivity contribution in [2.24, 2.45) is 0 Å². The molecular formula is C16H17NO3S2. The lowest BCUT2D eigenvalue weighted by atomic mass is 10.1. The van der Waals surface area contributed by atoms with Crippen LogP contribution in [-0.2, 0) is 0 Å². The summed E-state index contributed by atoms with van der Waals surface area (Å²) in [7, 11) is 3.14. The lowest BCUT2D eigenvalue weighted by Crippen LogP contribution is -2.30. The van der Waals surface area contributed by atoms with E-state index in [0.29, 0.717) is 17.1 Å². The molecule has 1 aliphatic rings. The number of benzene rings is 1. The molecule has 1 aromatic heterocycles. The predicted octanol–water partition coefficient (Wildman–Crippen LogP) is 3.65. The number of rotatable bonds is 4. The van der Waals surface area contributed by atoms with E-state index in [1.165, 1.54) is 4.88 Å². The summed E-state index contributed by atoms with van der Waals surface area (Å²) in [6.45, 7) is 0.729. The van der Waals surface area contributed by atoms with Crippen molar-refractivity contribution in [2.75, 3.05) is 26.5 Å². The van der Waals surface area contributed by atoms with Gasteiger partial charge in [0.15, 0.2) is 0 Å². The molecule has 6 heteroatoms. The number of nitrogens with zero attached hydrogens (tertiary/aromatic N) is 1. The van der Waals surface area contributed by atoms with E-state index in [0.717, 1.165) is 12.3 Å². The second kappa shape index (κ2) is 6.62. The minimum atomic E-state index is -0.0438. The molecule has 0 spiro atoms. The Balaban J connectivity index is 1.97. The number of thioether (sulfide) groups is 1. The van der Waals surface area contributed by atoms with Crippen molar-refractivity contribution in [1.29, 1.82) is 0 Å². The molecule has 22 heavy (non-hydrogen) atoms. The predicted molar refractivity (Wildman–Crippen MR) is 90.1 cm³/mol. The molecule has 1 amide bonds.